The number of rotatable bonds is 5. The van der Waals surface area contributed by atoms with Crippen molar-refractivity contribution in [1.82, 2.24) is 29.8 Å². The lowest BCUT2D eigenvalue weighted by molar-refractivity contribution is 0.0528. The molecule has 0 saturated heterocycles. The molecule has 0 spiro atoms. The van der Waals surface area contributed by atoms with Gasteiger partial charge in [0.1, 0.15) is 17.4 Å². The van der Waals surface area contributed by atoms with Gasteiger partial charge in [0.2, 0.25) is 0 Å². The lowest BCUT2D eigenvalue weighted by atomic mass is 10.1. The van der Waals surface area contributed by atoms with Gasteiger partial charge in [0.15, 0.2) is 5.65 Å². The minimum atomic E-state index is -0.498. The molecule has 0 aliphatic carbocycles. The Morgan fingerprint density at radius 2 is 2.14 bits per heavy atom. The molecule has 8 heteroatoms. The van der Waals surface area contributed by atoms with Crippen molar-refractivity contribution in [3.05, 3.63) is 54.4 Å². The van der Waals surface area contributed by atoms with Crippen molar-refractivity contribution in [2.45, 2.75) is 39.3 Å². The van der Waals surface area contributed by atoms with Gasteiger partial charge in [0.25, 0.3) is 0 Å². The molecule has 1 aromatic carbocycles. The molecule has 1 amide bonds. The van der Waals surface area contributed by atoms with Crippen molar-refractivity contribution in [3.63, 3.8) is 0 Å². The Balaban J connectivity index is 1.47. The average molecular weight is 392 g/mol. The topological polar surface area (TPSA) is 97.7 Å². The maximum absolute atomic E-state index is 11.8. The highest BCUT2D eigenvalue weighted by Gasteiger charge is 2.15. The maximum Gasteiger partial charge on any atom is 0.407 e. The number of nitrogens with one attached hydrogen (secondary N) is 2. The summed E-state index contributed by atoms with van der Waals surface area (Å²) in [6.07, 6.45) is 7.34. The number of carbonyl (C=O) groups excluding carboxylic acids is 1. The normalized spacial score (nSPS) is 11.8. The number of hydrogen-bond acceptors (Lipinski definition) is 5. The molecule has 8 nitrogen and oxygen atoms in total. The smallest absolute Gasteiger partial charge is 0.407 e. The van der Waals surface area contributed by atoms with Gasteiger partial charge in [-0.15, -0.1) is 0 Å². The number of hydrogen-bond donors (Lipinski definition) is 2. The van der Waals surface area contributed by atoms with Gasteiger partial charge >= 0.3 is 6.09 Å². The van der Waals surface area contributed by atoms with Crippen LogP contribution < -0.4 is 5.32 Å². The van der Waals surface area contributed by atoms with E-state index in [4.69, 9.17) is 4.74 Å². The molecular formula is C21H24N6O2. The molecule has 0 bridgehead atoms. The summed E-state index contributed by atoms with van der Waals surface area (Å²) in [5.41, 5.74) is 4.47. The molecule has 0 saturated carbocycles. The Hall–Kier alpha value is -3.42. The van der Waals surface area contributed by atoms with Gasteiger partial charge in [-0.2, -0.15) is 0 Å². The van der Waals surface area contributed by atoms with E-state index in [1.165, 1.54) is 6.33 Å². The third kappa shape index (κ3) is 4.37. The van der Waals surface area contributed by atoms with Crippen LogP contribution in [0, 0.1) is 0 Å². The van der Waals surface area contributed by atoms with Crippen LogP contribution in [-0.4, -0.2) is 42.7 Å². The van der Waals surface area contributed by atoms with E-state index < -0.39 is 11.7 Å². The fourth-order valence-electron chi connectivity index (χ4n) is 3.27. The molecule has 0 atom stereocenters. The average Bonchev–Trinajstić information content (AvgIpc) is 3.25. The highest BCUT2D eigenvalue weighted by Crippen LogP contribution is 2.21. The molecule has 2 N–H and O–H groups in total. The molecule has 29 heavy (non-hydrogen) atoms. The van der Waals surface area contributed by atoms with Gasteiger partial charge < -0.3 is 19.6 Å². The number of aromatic nitrogens is 5. The van der Waals surface area contributed by atoms with Gasteiger partial charge in [0.05, 0.1) is 19.1 Å². The molecular weight excluding hydrogens is 368 g/mol. The largest absolute Gasteiger partial charge is 0.444 e. The van der Waals surface area contributed by atoms with E-state index >= 15 is 0 Å². The Morgan fingerprint density at radius 3 is 2.97 bits per heavy atom. The summed E-state index contributed by atoms with van der Waals surface area (Å²) in [5, 5.41) is 3.96. The van der Waals surface area contributed by atoms with Gasteiger partial charge in [-0.25, -0.2) is 19.7 Å². The highest BCUT2D eigenvalue weighted by molar-refractivity contribution is 5.84. The predicted octanol–water partition coefficient (Wildman–Crippen LogP) is 3.42. The summed E-state index contributed by atoms with van der Waals surface area (Å²) in [6.45, 7) is 6.73. The Kier molecular flexibility index (Phi) is 4.92. The zero-order chi connectivity index (χ0) is 20.4. The van der Waals surface area contributed by atoms with Crippen molar-refractivity contribution in [2.75, 3.05) is 6.54 Å². The van der Waals surface area contributed by atoms with Crippen LogP contribution in [0.1, 0.15) is 31.9 Å². The second-order valence-electron chi connectivity index (χ2n) is 7.98. The number of H-pyrrole nitrogens is 1. The molecule has 150 valence electrons. The maximum atomic E-state index is 11.8. The van der Waals surface area contributed by atoms with Crippen LogP contribution in [-0.2, 0) is 17.7 Å². The summed E-state index contributed by atoms with van der Waals surface area (Å²) < 4.78 is 7.29. The molecule has 0 aliphatic rings. The second-order valence-corrected chi connectivity index (χ2v) is 7.98. The summed E-state index contributed by atoms with van der Waals surface area (Å²) in [5.74, 6) is 0. The monoisotopic (exact) mass is 392 g/mol. The van der Waals surface area contributed by atoms with Crippen molar-refractivity contribution >= 4 is 28.2 Å². The van der Waals surface area contributed by atoms with Gasteiger partial charge in [-0.05, 0) is 50.5 Å². The first-order valence-electron chi connectivity index (χ1n) is 9.56. The van der Waals surface area contributed by atoms with Gasteiger partial charge in [0, 0.05) is 23.6 Å². The molecule has 0 aliphatic heterocycles. The fraction of sp³-hybridized carbons (Fsp3) is 0.333. The number of alkyl carbamates (subject to hydrolysis) is 1. The van der Waals surface area contributed by atoms with Crippen LogP contribution in [0.3, 0.4) is 0 Å². The minimum Gasteiger partial charge on any atom is -0.444 e. The number of ether oxygens (including phenoxy) is 1. The van der Waals surface area contributed by atoms with E-state index in [9.17, 15) is 4.79 Å². The highest BCUT2D eigenvalue weighted by atomic mass is 16.6. The zero-order valence-electron chi connectivity index (χ0n) is 16.8. The zero-order valence-corrected chi connectivity index (χ0v) is 16.8. The van der Waals surface area contributed by atoms with Crippen LogP contribution in [0.2, 0.25) is 0 Å². The summed E-state index contributed by atoms with van der Waals surface area (Å²) >= 11 is 0. The van der Waals surface area contributed by atoms with E-state index in [1.807, 2.05) is 31.5 Å². The molecule has 0 fully saturated rings. The van der Waals surface area contributed by atoms with E-state index in [-0.39, 0.29) is 0 Å². The SMILES string of the molecule is CC(C)(C)OC(=O)NCCc1c[nH]c2ccc(Cn3cnc4cncnc43)cc12. The molecule has 0 radical (unpaired) electrons. The minimum absolute atomic E-state index is 0.396. The number of imidazole rings is 1. The third-order valence-corrected chi connectivity index (χ3v) is 4.53. The summed E-state index contributed by atoms with van der Waals surface area (Å²) in [4.78, 5) is 27.8. The van der Waals surface area contributed by atoms with E-state index in [0.717, 1.165) is 33.2 Å². The van der Waals surface area contributed by atoms with Crippen molar-refractivity contribution in [1.29, 1.82) is 0 Å². The summed E-state index contributed by atoms with van der Waals surface area (Å²) in [7, 11) is 0. The summed E-state index contributed by atoms with van der Waals surface area (Å²) in [6, 6.07) is 6.33. The van der Waals surface area contributed by atoms with E-state index in [2.05, 4.69) is 43.5 Å². The molecule has 4 rings (SSSR count). The standard InChI is InChI=1S/C21H24N6O2/c1-21(2,3)29-20(28)23-7-6-15-9-24-17-5-4-14(8-16(15)17)11-27-13-26-18-10-22-12-25-19(18)27/h4-5,8-10,12-13,24H,6-7,11H2,1-3H3,(H,23,28). The van der Waals surface area contributed by atoms with Crippen LogP contribution >= 0.6 is 0 Å². The van der Waals surface area contributed by atoms with Crippen molar-refractivity contribution < 1.29 is 9.53 Å². The first-order valence-corrected chi connectivity index (χ1v) is 9.56. The van der Waals surface area contributed by atoms with Crippen LogP contribution in [0.15, 0.2) is 43.2 Å². The molecule has 0 unspecified atom stereocenters. The van der Waals surface area contributed by atoms with Crippen molar-refractivity contribution in [3.8, 4) is 0 Å². The predicted molar refractivity (Wildman–Crippen MR) is 111 cm³/mol. The lowest BCUT2D eigenvalue weighted by Gasteiger charge is -2.19. The van der Waals surface area contributed by atoms with Crippen LogP contribution in [0.4, 0.5) is 4.79 Å². The Labute approximate surface area is 168 Å². The second kappa shape index (κ2) is 7.54. The van der Waals surface area contributed by atoms with E-state index in [0.29, 0.717) is 19.5 Å². The van der Waals surface area contributed by atoms with Crippen LogP contribution in [0.5, 0.6) is 0 Å². The van der Waals surface area contributed by atoms with Gasteiger partial charge in [-0.3, -0.25) is 0 Å². The van der Waals surface area contributed by atoms with Crippen molar-refractivity contribution in [2.24, 2.45) is 0 Å². The fourth-order valence-corrected chi connectivity index (χ4v) is 3.27. The molecule has 3 aromatic heterocycles. The molecule has 4 aromatic rings. The van der Waals surface area contributed by atoms with Gasteiger partial charge in [-0.1, -0.05) is 6.07 Å². The number of fused-ring (bicyclic) bond motifs is 2. The number of amides is 1. The lowest BCUT2D eigenvalue weighted by Crippen LogP contribution is -2.33. The van der Waals surface area contributed by atoms with Crippen LogP contribution in [0.25, 0.3) is 22.1 Å². The quantitative estimate of drug-likeness (QED) is 0.542. The van der Waals surface area contributed by atoms with E-state index in [1.54, 1.807) is 12.5 Å². The Morgan fingerprint density at radius 1 is 1.28 bits per heavy atom. The first kappa shape index (κ1) is 18.9. The molecule has 3 heterocycles. The third-order valence-electron chi connectivity index (χ3n) is 4.53. The number of carbonyl (C=O) groups is 1. The number of aromatic amines is 1. The first-order chi connectivity index (χ1) is 13.9. The number of nitrogens with zero attached hydrogens (tertiary/aromatic N) is 4. The Bertz CT molecular complexity index is 1150. The number of benzene rings is 1.